The maximum absolute atomic E-state index is 4.75. The molecule has 2 aliphatic heterocycles. The van der Waals surface area contributed by atoms with Gasteiger partial charge < -0.3 is 9.80 Å². The zero-order valence-electron chi connectivity index (χ0n) is 15.4. The largest absolute Gasteiger partial charge is 0.369 e. The molecule has 3 fully saturated rings. The molecule has 0 N–H and O–H groups in total. The second-order valence-electron chi connectivity index (χ2n) is 7.90. The summed E-state index contributed by atoms with van der Waals surface area (Å²) in [5, 5.41) is 0. The fraction of sp³-hybridized carbons (Fsp3) is 0.800. The van der Waals surface area contributed by atoms with E-state index in [1.54, 1.807) is 0 Å². The van der Waals surface area contributed by atoms with Crippen LogP contribution in [0.5, 0.6) is 0 Å². The normalized spacial score (nSPS) is 32.3. The van der Waals surface area contributed by atoms with Crippen LogP contribution in [0, 0.1) is 17.8 Å². The molecule has 2 saturated heterocycles. The first kappa shape index (κ1) is 17.7. The number of hydrogen-bond donors (Lipinski definition) is 0. The second-order valence-corrected chi connectivity index (χ2v) is 7.90. The highest BCUT2D eigenvalue weighted by molar-refractivity contribution is 5.77. The average Bonchev–Trinajstić information content (AvgIpc) is 3.14. The van der Waals surface area contributed by atoms with Crippen molar-refractivity contribution in [2.75, 3.05) is 39.3 Å². The van der Waals surface area contributed by atoms with Gasteiger partial charge in [0, 0.05) is 32.4 Å². The van der Waals surface area contributed by atoms with Crippen LogP contribution in [0.15, 0.2) is 21.9 Å². The van der Waals surface area contributed by atoms with E-state index in [9.17, 15) is 0 Å². The van der Waals surface area contributed by atoms with Gasteiger partial charge in [-0.2, -0.15) is 0 Å². The lowest BCUT2D eigenvalue weighted by Crippen LogP contribution is -2.45. The van der Waals surface area contributed by atoms with E-state index in [4.69, 9.17) is 4.99 Å². The predicted molar refractivity (Wildman–Crippen MR) is 103 cm³/mol. The summed E-state index contributed by atoms with van der Waals surface area (Å²) in [5.74, 6) is 2.49. The number of likely N-dealkylation sites (tertiary alicyclic amines) is 2. The Kier molecular flexibility index (Phi) is 6.47. The minimum absolute atomic E-state index is 0.771. The Morgan fingerprint density at radius 1 is 1.04 bits per heavy atom. The van der Waals surface area contributed by atoms with Gasteiger partial charge in [-0.05, 0) is 69.7 Å². The molecule has 0 radical (unpaired) electrons. The summed E-state index contributed by atoms with van der Waals surface area (Å²) in [5.41, 5.74) is 1.14. The minimum atomic E-state index is 0.771. The number of hydrogen-bond acceptors (Lipinski definition) is 4. The van der Waals surface area contributed by atoms with Crippen molar-refractivity contribution >= 4 is 12.9 Å². The Balaban J connectivity index is 1.41. The van der Waals surface area contributed by atoms with Gasteiger partial charge >= 0.3 is 0 Å². The van der Waals surface area contributed by atoms with E-state index in [1.807, 2.05) is 12.4 Å². The van der Waals surface area contributed by atoms with E-state index < -0.39 is 0 Å². The molecule has 0 spiro atoms. The molecule has 0 aromatic heterocycles. The van der Waals surface area contributed by atoms with Gasteiger partial charge in [-0.1, -0.05) is 13.3 Å². The van der Waals surface area contributed by atoms with E-state index in [0.717, 1.165) is 43.1 Å². The Morgan fingerprint density at radius 2 is 1.75 bits per heavy atom. The van der Waals surface area contributed by atoms with Crippen LogP contribution in [0.25, 0.3) is 0 Å². The molecule has 3 atom stereocenters. The molecule has 1 aliphatic carbocycles. The van der Waals surface area contributed by atoms with Crippen LogP contribution in [0.4, 0.5) is 0 Å². The summed E-state index contributed by atoms with van der Waals surface area (Å²) in [4.78, 5) is 13.8. The van der Waals surface area contributed by atoms with Gasteiger partial charge in [0.15, 0.2) is 0 Å². The van der Waals surface area contributed by atoms with Gasteiger partial charge in [0.1, 0.15) is 0 Å². The van der Waals surface area contributed by atoms with Crippen molar-refractivity contribution in [3.63, 3.8) is 0 Å². The molecule has 4 heteroatoms. The van der Waals surface area contributed by atoms with Gasteiger partial charge in [-0.3, -0.25) is 9.98 Å². The molecule has 0 aromatic rings. The van der Waals surface area contributed by atoms with Crippen LogP contribution >= 0.6 is 0 Å². The molecule has 0 aromatic carbocycles. The quantitative estimate of drug-likeness (QED) is 0.670. The fourth-order valence-electron chi connectivity index (χ4n) is 4.51. The second kappa shape index (κ2) is 8.80. The monoisotopic (exact) mass is 330 g/mol. The Bertz CT molecular complexity index is 458. The van der Waals surface area contributed by atoms with Crippen molar-refractivity contribution in [2.24, 2.45) is 27.7 Å². The highest BCUT2D eigenvalue weighted by Gasteiger charge is 2.38. The highest BCUT2D eigenvalue weighted by Crippen LogP contribution is 2.41. The summed E-state index contributed by atoms with van der Waals surface area (Å²) in [6.07, 6.45) is 12.0. The molecule has 3 aliphatic rings. The van der Waals surface area contributed by atoms with Gasteiger partial charge in [0.25, 0.3) is 0 Å². The van der Waals surface area contributed by atoms with Crippen LogP contribution in [-0.4, -0.2) is 62.0 Å². The van der Waals surface area contributed by atoms with Crippen LogP contribution in [0.1, 0.15) is 45.4 Å². The summed E-state index contributed by atoms with van der Waals surface area (Å²) in [6.45, 7) is 13.2. The summed E-state index contributed by atoms with van der Waals surface area (Å²) in [7, 11) is 0. The van der Waals surface area contributed by atoms with E-state index in [0.29, 0.717) is 0 Å². The molecular formula is C20H34N4. The standard InChI is InChI=1S/C20H34N4/c1-17-18(12-19(17)16-23-8-4-3-5-9-23)13-22-15-20(14-21-2)24-10-6-7-11-24/h14-15,17-19H,2-13,16H2,1H3/b20-14+,22-15?. The Labute approximate surface area is 147 Å². The number of piperidine rings is 1. The first-order chi connectivity index (χ1) is 11.8. The smallest absolute Gasteiger partial charge is 0.0733 e. The summed E-state index contributed by atoms with van der Waals surface area (Å²) in [6, 6.07) is 0. The lowest BCUT2D eigenvalue weighted by atomic mass is 9.65. The minimum Gasteiger partial charge on any atom is -0.369 e. The van der Waals surface area contributed by atoms with Crippen molar-refractivity contribution in [1.29, 1.82) is 0 Å². The number of nitrogens with zero attached hydrogens (tertiary/aromatic N) is 4. The van der Waals surface area contributed by atoms with Crippen LogP contribution in [0.2, 0.25) is 0 Å². The first-order valence-electron chi connectivity index (χ1n) is 9.91. The molecule has 134 valence electrons. The number of allylic oxidation sites excluding steroid dienone is 1. The molecular weight excluding hydrogens is 296 g/mol. The van der Waals surface area contributed by atoms with Crippen molar-refractivity contribution in [3.05, 3.63) is 11.9 Å². The lowest BCUT2D eigenvalue weighted by Gasteiger charge is -2.45. The first-order valence-corrected chi connectivity index (χ1v) is 9.91. The molecule has 1 saturated carbocycles. The van der Waals surface area contributed by atoms with E-state index >= 15 is 0 Å². The van der Waals surface area contributed by atoms with Crippen LogP contribution < -0.4 is 0 Å². The maximum Gasteiger partial charge on any atom is 0.0733 e. The van der Waals surface area contributed by atoms with Crippen molar-refractivity contribution in [3.8, 4) is 0 Å². The van der Waals surface area contributed by atoms with Gasteiger partial charge in [0.2, 0.25) is 0 Å². The molecule has 0 amide bonds. The number of aliphatic imine (C=N–C) groups is 2. The predicted octanol–water partition coefficient (Wildman–Crippen LogP) is 3.45. The van der Waals surface area contributed by atoms with Gasteiger partial charge in [0.05, 0.1) is 11.9 Å². The average molecular weight is 331 g/mol. The Morgan fingerprint density at radius 3 is 2.42 bits per heavy atom. The third kappa shape index (κ3) is 4.47. The zero-order valence-corrected chi connectivity index (χ0v) is 15.4. The highest BCUT2D eigenvalue weighted by atomic mass is 15.2. The lowest BCUT2D eigenvalue weighted by molar-refractivity contribution is 0.0495. The number of rotatable bonds is 7. The summed E-state index contributed by atoms with van der Waals surface area (Å²) < 4.78 is 0. The fourth-order valence-corrected chi connectivity index (χ4v) is 4.51. The van der Waals surface area contributed by atoms with E-state index in [-0.39, 0.29) is 0 Å². The molecule has 0 bridgehead atoms. The van der Waals surface area contributed by atoms with Crippen molar-refractivity contribution in [1.82, 2.24) is 9.80 Å². The van der Waals surface area contributed by atoms with Gasteiger partial charge in [-0.15, -0.1) is 0 Å². The Hall–Kier alpha value is -1.16. The van der Waals surface area contributed by atoms with Gasteiger partial charge in [-0.25, -0.2) is 0 Å². The molecule has 24 heavy (non-hydrogen) atoms. The molecule has 4 nitrogen and oxygen atoms in total. The summed E-state index contributed by atoms with van der Waals surface area (Å²) >= 11 is 0. The zero-order chi connectivity index (χ0) is 16.8. The third-order valence-electron chi connectivity index (χ3n) is 6.29. The van der Waals surface area contributed by atoms with E-state index in [1.165, 1.54) is 58.2 Å². The van der Waals surface area contributed by atoms with Crippen molar-refractivity contribution < 1.29 is 0 Å². The molecule has 3 rings (SSSR count). The van der Waals surface area contributed by atoms with Crippen LogP contribution in [-0.2, 0) is 0 Å². The topological polar surface area (TPSA) is 31.2 Å². The van der Waals surface area contributed by atoms with E-state index in [2.05, 4.69) is 28.4 Å². The van der Waals surface area contributed by atoms with Crippen molar-refractivity contribution in [2.45, 2.75) is 45.4 Å². The molecule has 3 unspecified atom stereocenters. The third-order valence-corrected chi connectivity index (χ3v) is 6.29. The maximum atomic E-state index is 4.75. The SMILES string of the molecule is C=N/C=C(\C=NCC1CC(CN2CCCCC2)C1C)N1CCCC1. The molecule has 2 heterocycles. The van der Waals surface area contributed by atoms with Crippen LogP contribution in [0.3, 0.4) is 0 Å².